The number of ether oxygens (including phenoxy) is 5. The average molecular weight is 1060 g/mol. The number of amides is 3. The number of benzene rings is 3. The molecule has 12 nitrogen and oxygen atoms in total. The summed E-state index contributed by atoms with van der Waals surface area (Å²) < 4.78 is 30.5. The second-order valence-electron chi connectivity index (χ2n) is 24.4. The van der Waals surface area contributed by atoms with Gasteiger partial charge in [-0.25, -0.2) is 4.79 Å². The first-order valence-corrected chi connectivity index (χ1v) is 29.4. The van der Waals surface area contributed by atoms with Crippen LogP contribution in [0, 0.1) is 52.3 Å². The smallest absolute Gasteiger partial charge is 0.407 e. The Hall–Kier alpha value is -5.36. The molecule has 3 aromatic rings. The van der Waals surface area contributed by atoms with E-state index in [2.05, 4.69) is 51.3 Å². The number of alkyl carbamates (subject to hydrolysis) is 1. The van der Waals surface area contributed by atoms with Gasteiger partial charge in [0.15, 0.2) is 0 Å². The fourth-order valence-electron chi connectivity index (χ4n) is 15.1. The van der Waals surface area contributed by atoms with Crippen LogP contribution < -0.4 is 20.1 Å². The van der Waals surface area contributed by atoms with Crippen LogP contribution in [0.5, 0.6) is 11.5 Å². The van der Waals surface area contributed by atoms with Crippen LogP contribution in [0.2, 0.25) is 0 Å². The third kappa shape index (κ3) is 13.2. The van der Waals surface area contributed by atoms with Crippen LogP contribution in [-0.4, -0.2) is 88.5 Å². The van der Waals surface area contributed by atoms with E-state index in [1.807, 2.05) is 78.9 Å². The number of hydrogen-bond acceptors (Lipinski definition) is 9. The molecule has 3 amide bonds. The topological polar surface area (TPSA) is 142 Å². The van der Waals surface area contributed by atoms with Crippen LogP contribution in [0.3, 0.4) is 0 Å². The van der Waals surface area contributed by atoms with Crippen molar-refractivity contribution in [2.24, 2.45) is 52.3 Å². The van der Waals surface area contributed by atoms with E-state index in [0.717, 1.165) is 84.3 Å². The molecule has 3 saturated carbocycles. The van der Waals surface area contributed by atoms with Crippen LogP contribution in [-0.2, 0) is 34.2 Å². The molecular formula is C65H91N3O9. The van der Waals surface area contributed by atoms with Gasteiger partial charge >= 0.3 is 12.1 Å². The average Bonchev–Trinajstić information content (AvgIpc) is 4.04. The summed E-state index contributed by atoms with van der Waals surface area (Å²) in [6.07, 6.45) is 17.4. The van der Waals surface area contributed by atoms with Crippen molar-refractivity contribution in [1.29, 1.82) is 0 Å². The number of likely N-dealkylation sites (tertiary alicyclic amines) is 1. The Kier molecular flexibility index (Phi) is 19.6. The predicted octanol–water partition coefficient (Wildman–Crippen LogP) is 12.6. The first kappa shape index (κ1) is 57.8. The Balaban J connectivity index is 0.831. The molecule has 7 unspecified atom stereocenters. The monoisotopic (exact) mass is 1060 g/mol. The minimum absolute atomic E-state index is 0.00247. The standard InChI is InChI=1S/C65H91N3O9/c1-44(2)16-15-17-45(3)55-31-32-56-54-30-25-50-40-53(35-37-63(50,4)57(54)36-38-64(55,56)5)76-62(72)67-39-14-10-13-20-60(70)68-41-46(58(42-68)77-61(71)34-33-59(69)66-6)43-75-65(47-18-11-9-12-19-47,48-21-26-51(73-7)27-22-48)49-23-28-52(74-8)29-24-49/h9,11-12,18-19,21-29,44-46,53-58H,10,13-17,20,30-43H2,1-8H3,(H,66,69)(H,67,72)/t45?,46?,53?,54?,55-,56?,57?,58?,63+,64-/m1/s1. The van der Waals surface area contributed by atoms with Gasteiger partial charge < -0.3 is 39.2 Å². The second-order valence-corrected chi connectivity index (χ2v) is 24.4. The number of unbranched alkanes of at least 4 members (excludes halogenated alkanes) is 2. The van der Waals surface area contributed by atoms with E-state index in [9.17, 15) is 19.2 Å². The zero-order chi connectivity index (χ0) is 54.7. The Morgan fingerprint density at radius 1 is 0.727 bits per heavy atom. The lowest BCUT2D eigenvalue weighted by Crippen LogP contribution is -2.51. The number of carbonyl (C=O) groups excluding carboxylic acids is 4. The highest BCUT2D eigenvalue weighted by Gasteiger charge is 2.59. The largest absolute Gasteiger partial charge is 0.497 e. The molecule has 5 aliphatic rings. The van der Waals surface area contributed by atoms with Gasteiger partial charge in [-0.1, -0.05) is 127 Å². The van der Waals surface area contributed by atoms with E-state index in [0.29, 0.717) is 42.8 Å². The molecule has 10 atom stereocenters. The molecule has 3 aromatic carbocycles. The van der Waals surface area contributed by atoms with E-state index in [-0.39, 0.29) is 61.3 Å². The van der Waals surface area contributed by atoms with Gasteiger partial charge in [0.2, 0.25) is 11.8 Å². The molecule has 1 heterocycles. The molecule has 0 bridgehead atoms. The number of nitrogens with one attached hydrogen (secondary N) is 2. The highest BCUT2D eigenvalue weighted by atomic mass is 16.6. The van der Waals surface area contributed by atoms with Gasteiger partial charge in [0.05, 0.1) is 33.8 Å². The van der Waals surface area contributed by atoms with Crippen molar-refractivity contribution in [2.45, 2.75) is 162 Å². The molecule has 1 saturated heterocycles. The van der Waals surface area contributed by atoms with E-state index < -0.39 is 17.7 Å². The number of allylic oxidation sites excluding steroid dienone is 1. The summed E-state index contributed by atoms with van der Waals surface area (Å²) in [5.41, 5.74) is 3.70. The van der Waals surface area contributed by atoms with Gasteiger partial charge in [0.25, 0.3) is 0 Å². The summed E-state index contributed by atoms with van der Waals surface area (Å²) in [7, 11) is 4.80. The molecule has 77 heavy (non-hydrogen) atoms. The second kappa shape index (κ2) is 26.1. The summed E-state index contributed by atoms with van der Waals surface area (Å²) in [6, 6.07) is 25.6. The Morgan fingerprint density at radius 3 is 2.08 bits per heavy atom. The van der Waals surface area contributed by atoms with Crippen LogP contribution in [0.15, 0.2) is 90.5 Å². The van der Waals surface area contributed by atoms with E-state index in [1.165, 1.54) is 64.0 Å². The summed E-state index contributed by atoms with van der Waals surface area (Å²) in [5.74, 6) is 5.03. The van der Waals surface area contributed by atoms with E-state index in [1.54, 1.807) is 19.1 Å². The molecule has 4 fully saturated rings. The van der Waals surface area contributed by atoms with Crippen LogP contribution in [0.4, 0.5) is 4.79 Å². The molecule has 12 heteroatoms. The highest BCUT2D eigenvalue weighted by molar-refractivity contribution is 5.81. The lowest BCUT2D eigenvalue weighted by molar-refractivity contribution is -0.153. The number of nitrogens with zero attached hydrogens (tertiary/aromatic N) is 1. The Labute approximate surface area is 460 Å². The molecule has 0 aromatic heterocycles. The first-order chi connectivity index (χ1) is 37.1. The minimum atomic E-state index is -1.11. The van der Waals surface area contributed by atoms with E-state index in [4.69, 9.17) is 23.7 Å². The third-order valence-electron chi connectivity index (χ3n) is 19.4. The molecular weight excluding hydrogens is 967 g/mol. The summed E-state index contributed by atoms with van der Waals surface area (Å²) >= 11 is 0. The van der Waals surface area contributed by atoms with Crippen LogP contribution in [0.1, 0.15) is 160 Å². The lowest BCUT2D eigenvalue weighted by atomic mass is 9.47. The fourth-order valence-corrected chi connectivity index (χ4v) is 15.1. The van der Waals surface area contributed by atoms with Gasteiger partial charge in [-0.2, -0.15) is 0 Å². The first-order valence-electron chi connectivity index (χ1n) is 29.4. The maximum atomic E-state index is 13.9. The number of rotatable bonds is 24. The molecule has 1 aliphatic heterocycles. The summed E-state index contributed by atoms with van der Waals surface area (Å²) in [6.45, 7) is 13.6. The summed E-state index contributed by atoms with van der Waals surface area (Å²) in [4.78, 5) is 54.2. The molecule has 0 radical (unpaired) electrons. The van der Waals surface area contributed by atoms with Crippen molar-refractivity contribution in [1.82, 2.24) is 15.5 Å². The van der Waals surface area contributed by atoms with Gasteiger partial charge in [-0.3, -0.25) is 14.4 Å². The SMILES string of the molecule is CNC(=O)CCC(=O)OC1CN(C(=O)CCCCCNC(=O)OC2CC[C@@]3(C)C(=CCC4C3CC[C@@]3(C)C4CC[C@@H]3C(C)CCCC(C)C)C2)CC1COC(c1ccccc1)(c1ccc(OC)cc1)c1ccc(OC)cc1. The van der Waals surface area contributed by atoms with Gasteiger partial charge in [0.1, 0.15) is 29.3 Å². The minimum Gasteiger partial charge on any atom is -0.497 e. The summed E-state index contributed by atoms with van der Waals surface area (Å²) in [5, 5.41) is 5.57. The number of carbonyl (C=O) groups is 4. The molecule has 420 valence electrons. The van der Waals surface area contributed by atoms with Crippen LogP contribution in [0.25, 0.3) is 0 Å². The molecule has 2 N–H and O–H groups in total. The number of methoxy groups -OCH3 is 2. The zero-order valence-corrected chi connectivity index (χ0v) is 47.7. The fraction of sp³-hybridized carbons (Fsp3) is 0.631. The number of fused-ring (bicyclic) bond motifs is 5. The van der Waals surface area contributed by atoms with Gasteiger partial charge in [-0.15, -0.1) is 0 Å². The third-order valence-corrected chi connectivity index (χ3v) is 19.4. The Morgan fingerprint density at radius 2 is 1.42 bits per heavy atom. The number of hydrogen-bond donors (Lipinski definition) is 2. The quantitative estimate of drug-likeness (QED) is 0.0388. The van der Waals surface area contributed by atoms with Crippen molar-refractivity contribution in [2.75, 3.05) is 47.5 Å². The lowest BCUT2D eigenvalue weighted by Gasteiger charge is -2.58. The molecule has 0 spiro atoms. The van der Waals surface area contributed by atoms with Gasteiger partial charge in [-0.05, 0) is 145 Å². The van der Waals surface area contributed by atoms with Crippen molar-refractivity contribution in [3.05, 3.63) is 107 Å². The Bertz CT molecular complexity index is 2410. The van der Waals surface area contributed by atoms with Crippen molar-refractivity contribution in [3.8, 4) is 11.5 Å². The van der Waals surface area contributed by atoms with Crippen molar-refractivity contribution < 1.29 is 42.9 Å². The normalized spacial score (nSPS) is 27.1. The maximum absolute atomic E-state index is 13.9. The van der Waals surface area contributed by atoms with Crippen molar-refractivity contribution in [3.63, 3.8) is 0 Å². The van der Waals surface area contributed by atoms with Crippen LogP contribution >= 0.6 is 0 Å². The van der Waals surface area contributed by atoms with Gasteiger partial charge in [0, 0.05) is 45.3 Å². The highest BCUT2D eigenvalue weighted by Crippen LogP contribution is 2.67. The zero-order valence-electron chi connectivity index (χ0n) is 47.7. The van der Waals surface area contributed by atoms with E-state index >= 15 is 0 Å². The predicted molar refractivity (Wildman–Crippen MR) is 301 cm³/mol. The number of esters is 1. The molecule has 8 rings (SSSR count). The van der Waals surface area contributed by atoms with Crippen molar-refractivity contribution >= 4 is 23.9 Å². The molecule has 4 aliphatic carbocycles. The maximum Gasteiger partial charge on any atom is 0.407 e.